The third-order valence-corrected chi connectivity index (χ3v) is 2.43. The van der Waals surface area contributed by atoms with Crippen LogP contribution < -0.4 is 10.6 Å². The number of nitrogens with zero attached hydrogens (tertiary/aromatic N) is 1. The summed E-state index contributed by atoms with van der Waals surface area (Å²) in [5.41, 5.74) is 0.705. The van der Waals surface area contributed by atoms with Crippen molar-refractivity contribution in [2.75, 3.05) is 11.9 Å². The predicted octanol–water partition coefficient (Wildman–Crippen LogP) is 2.13. The number of aromatic hydroxyl groups is 1. The lowest BCUT2D eigenvalue weighted by molar-refractivity contribution is -0.117. The zero-order chi connectivity index (χ0) is 14.1. The second-order valence-corrected chi connectivity index (χ2v) is 3.97. The van der Waals surface area contributed by atoms with Crippen LogP contribution in [0.1, 0.15) is 19.8 Å². The van der Waals surface area contributed by atoms with E-state index in [9.17, 15) is 4.79 Å². The number of phenolic OH excluding ortho intramolecular Hbond substituents is 1. The van der Waals surface area contributed by atoms with E-state index in [1.54, 1.807) is 12.1 Å². The van der Waals surface area contributed by atoms with E-state index in [2.05, 4.69) is 10.6 Å². The summed E-state index contributed by atoms with van der Waals surface area (Å²) in [6.07, 6.45) is 3.22. The predicted molar refractivity (Wildman–Crippen MR) is 73.3 cm³/mol. The second kappa shape index (κ2) is 7.77. The monoisotopic (exact) mass is 259 g/mol. The number of anilines is 1. The van der Waals surface area contributed by atoms with Crippen LogP contribution in [0.25, 0.3) is 0 Å². The van der Waals surface area contributed by atoms with Crippen LogP contribution >= 0.6 is 0 Å². The fourth-order valence-electron chi connectivity index (χ4n) is 1.34. The van der Waals surface area contributed by atoms with Crippen molar-refractivity contribution in [1.29, 1.82) is 5.26 Å². The van der Waals surface area contributed by atoms with Gasteiger partial charge in [-0.2, -0.15) is 5.26 Å². The smallest absolute Gasteiger partial charge is 0.263 e. The van der Waals surface area contributed by atoms with Crippen molar-refractivity contribution >= 4 is 11.6 Å². The Labute approximate surface area is 112 Å². The van der Waals surface area contributed by atoms with Gasteiger partial charge in [0, 0.05) is 18.4 Å². The molecule has 0 heterocycles. The van der Waals surface area contributed by atoms with Gasteiger partial charge in [-0.25, -0.2) is 0 Å². The van der Waals surface area contributed by atoms with Gasteiger partial charge in [-0.05, 0) is 30.7 Å². The molecule has 19 heavy (non-hydrogen) atoms. The van der Waals surface area contributed by atoms with Gasteiger partial charge in [0.2, 0.25) is 0 Å². The molecule has 5 nitrogen and oxygen atoms in total. The first-order valence-corrected chi connectivity index (χ1v) is 6.11. The fraction of sp³-hybridized carbons (Fsp3) is 0.286. The van der Waals surface area contributed by atoms with E-state index in [1.165, 1.54) is 18.3 Å². The number of rotatable bonds is 6. The van der Waals surface area contributed by atoms with Crippen LogP contribution in [-0.2, 0) is 4.79 Å². The number of phenols is 1. The van der Waals surface area contributed by atoms with Gasteiger partial charge in [-0.1, -0.05) is 13.3 Å². The zero-order valence-electron chi connectivity index (χ0n) is 10.8. The van der Waals surface area contributed by atoms with Crippen LogP contribution in [0.15, 0.2) is 36.0 Å². The quantitative estimate of drug-likeness (QED) is 0.316. The summed E-state index contributed by atoms with van der Waals surface area (Å²) in [7, 11) is 0. The van der Waals surface area contributed by atoms with Gasteiger partial charge in [0.05, 0.1) is 0 Å². The number of nitriles is 1. The lowest BCUT2D eigenvalue weighted by Crippen LogP contribution is -2.25. The second-order valence-electron chi connectivity index (χ2n) is 3.97. The first kappa shape index (κ1) is 14.6. The van der Waals surface area contributed by atoms with Crippen LogP contribution in [0.3, 0.4) is 0 Å². The van der Waals surface area contributed by atoms with E-state index in [-0.39, 0.29) is 17.2 Å². The maximum Gasteiger partial charge on any atom is 0.263 e. The summed E-state index contributed by atoms with van der Waals surface area (Å²) < 4.78 is 0. The molecule has 0 spiro atoms. The van der Waals surface area contributed by atoms with E-state index in [4.69, 9.17) is 10.4 Å². The number of benzene rings is 1. The molecule has 1 aromatic carbocycles. The minimum absolute atomic E-state index is 0.0178. The van der Waals surface area contributed by atoms with E-state index < -0.39 is 0 Å². The number of carbonyl (C=O) groups excluding carboxylic acids is 1. The van der Waals surface area contributed by atoms with Crippen molar-refractivity contribution in [1.82, 2.24) is 5.32 Å². The number of amides is 1. The van der Waals surface area contributed by atoms with Crippen molar-refractivity contribution in [3.05, 3.63) is 36.0 Å². The van der Waals surface area contributed by atoms with Gasteiger partial charge in [-0.3, -0.25) is 4.79 Å². The Morgan fingerprint density at radius 2 is 2.11 bits per heavy atom. The summed E-state index contributed by atoms with van der Waals surface area (Å²) in [5, 5.41) is 23.6. The summed E-state index contributed by atoms with van der Waals surface area (Å²) in [6.45, 7) is 2.59. The molecule has 1 rings (SSSR count). The highest BCUT2D eigenvalue weighted by molar-refractivity contribution is 5.97. The van der Waals surface area contributed by atoms with Crippen molar-refractivity contribution in [3.63, 3.8) is 0 Å². The molecule has 0 atom stereocenters. The topological polar surface area (TPSA) is 85.2 Å². The van der Waals surface area contributed by atoms with E-state index in [0.29, 0.717) is 12.2 Å². The van der Waals surface area contributed by atoms with E-state index in [0.717, 1.165) is 12.8 Å². The molecule has 0 radical (unpaired) electrons. The first-order valence-electron chi connectivity index (χ1n) is 6.11. The molecular weight excluding hydrogens is 242 g/mol. The maximum absolute atomic E-state index is 11.6. The minimum atomic E-state index is -0.387. The fourth-order valence-corrected chi connectivity index (χ4v) is 1.34. The van der Waals surface area contributed by atoms with Gasteiger partial charge in [0.25, 0.3) is 5.91 Å². The number of carbonyl (C=O) groups is 1. The summed E-state index contributed by atoms with van der Waals surface area (Å²) in [4.78, 5) is 11.6. The zero-order valence-corrected chi connectivity index (χ0v) is 10.8. The van der Waals surface area contributed by atoms with Gasteiger partial charge in [0.15, 0.2) is 0 Å². The number of hydrogen-bond acceptors (Lipinski definition) is 4. The van der Waals surface area contributed by atoms with Crippen molar-refractivity contribution in [2.45, 2.75) is 19.8 Å². The SMILES string of the molecule is CCCCNC(=O)/C(C#N)=C\Nc1ccc(O)cc1. The lowest BCUT2D eigenvalue weighted by atomic mass is 10.2. The Hall–Kier alpha value is -2.48. The molecule has 1 aromatic rings. The molecule has 0 bridgehead atoms. The average molecular weight is 259 g/mol. The molecule has 0 aliphatic carbocycles. The Morgan fingerprint density at radius 3 is 2.68 bits per heavy atom. The molecule has 3 N–H and O–H groups in total. The van der Waals surface area contributed by atoms with Crippen LogP contribution in [0.5, 0.6) is 5.75 Å². The maximum atomic E-state index is 11.6. The summed E-state index contributed by atoms with van der Waals surface area (Å²) >= 11 is 0. The molecule has 0 unspecified atom stereocenters. The standard InChI is InChI=1S/C14H17N3O2/c1-2-3-8-16-14(19)11(9-15)10-17-12-4-6-13(18)7-5-12/h4-7,10,17-18H,2-3,8H2,1H3,(H,16,19)/b11-10-. The molecule has 0 saturated carbocycles. The lowest BCUT2D eigenvalue weighted by Gasteiger charge is -2.04. The van der Waals surface area contributed by atoms with Gasteiger partial charge < -0.3 is 15.7 Å². The number of nitrogens with one attached hydrogen (secondary N) is 2. The largest absolute Gasteiger partial charge is 0.508 e. The molecule has 1 amide bonds. The number of unbranched alkanes of at least 4 members (excludes halogenated alkanes) is 1. The van der Waals surface area contributed by atoms with Gasteiger partial charge >= 0.3 is 0 Å². The Bertz CT molecular complexity index is 486. The first-order chi connectivity index (χ1) is 9.17. The van der Waals surface area contributed by atoms with Crippen molar-refractivity contribution in [2.24, 2.45) is 0 Å². The van der Waals surface area contributed by atoms with Crippen LogP contribution in [0, 0.1) is 11.3 Å². The van der Waals surface area contributed by atoms with E-state index in [1.807, 2.05) is 13.0 Å². The molecular formula is C14H17N3O2. The third-order valence-electron chi connectivity index (χ3n) is 2.43. The average Bonchev–Trinajstić information content (AvgIpc) is 2.42. The molecule has 0 aliphatic rings. The molecule has 0 aliphatic heterocycles. The highest BCUT2D eigenvalue weighted by Gasteiger charge is 2.07. The highest BCUT2D eigenvalue weighted by Crippen LogP contribution is 2.13. The molecule has 100 valence electrons. The summed E-state index contributed by atoms with van der Waals surface area (Å²) in [6, 6.07) is 8.18. The Morgan fingerprint density at radius 1 is 1.42 bits per heavy atom. The molecule has 0 aromatic heterocycles. The highest BCUT2D eigenvalue weighted by atomic mass is 16.3. The Kier molecular flexibility index (Phi) is 5.96. The van der Waals surface area contributed by atoms with E-state index >= 15 is 0 Å². The van der Waals surface area contributed by atoms with Gasteiger partial charge in [0.1, 0.15) is 17.4 Å². The number of hydrogen-bond donors (Lipinski definition) is 3. The van der Waals surface area contributed by atoms with Crippen molar-refractivity contribution < 1.29 is 9.90 Å². The normalized spacial score (nSPS) is 10.6. The minimum Gasteiger partial charge on any atom is -0.508 e. The Balaban J connectivity index is 2.59. The molecule has 0 saturated heterocycles. The van der Waals surface area contributed by atoms with Crippen molar-refractivity contribution in [3.8, 4) is 11.8 Å². The molecule has 0 fully saturated rings. The third kappa shape index (κ3) is 5.13. The summed E-state index contributed by atoms with van der Waals surface area (Å²) in [5.74, 6) is -0.227. The van der Waals surface area contributed by atoms with Crippen LogP contribution in [0.2, 0.25) is 0 Å². The van der Waals surface area contributed by atoms with Crippen LogP contribution in [0.4, 0.5) is 5.69 Å². The van der Waals surface area contributed by atoms with Crippen LogP contribution in [-0.4, -0.2) is 17.6 Å². The van der Waals surface area contributed by atoms with Gasteiger partial charge in [-0.15, -0.1) is 0 Å². The molecule has 5 heteroatoms.